The number of benzene rings is 1. The Labute approximate surface area is 207 Å². The number of rotatable bonds is 6. The van der Waals surface area contributed by atoms with Crippen LogP contribution in [-0.4, -0.2) is 74.1 Å². The first-order chi connectivity index (χ1) is 16.7. The zero-order valence-corrected chi connectivity index (χ0v) is 21.5. The molecule has 1 fully saturated rings. The number of carbonyl (C=O) groups excluding carboxylic acids is 2. The summed E-state index contributed by atoms with van der Waals surface area (Å²) < 4.78 is 5.59. The summed E-state index contributed by atoms with van der Waals surface area (Å²) in [5.74, 6) is 1.90. The molecule has 0 radical (unpaired) electrons. The quantitative estimate of drug-likeness (QED) is 0.656. The Bertz CT molecular complexity index is 1100. The minimum Gasteiger partial charge on any atom is -0.495 e. The van der Waals surface area contributed by atoms with Crippen LogP contribution in [0.1, 0.15) is 44.0 Å². The Morgan fingerprint density at radius 3 is 2.51 bits per heavy atom. The number of hydrogen-bond acceptors (Lipinski definition) is 7. The van der Waals surface area contributed by atoms with Gasteiger partial charge in [0.05, 0.1) is 18.5 Å². The normalized spacial score (nSPS) is 19.1. The molecule has 35 heavy (non-hydrogen) atoms. The lowest BCUT2D eigenvalue weighted by atomic mass is 10.0. The van der Waals surface area contributed by atoms with Gasteiger partial charge in [-0.25, -0.2) is 4.98 Å². The van der Waals surface area contributed by atoms with Crippen LogP contribution in [0.5, 0.6) is 5.75 Å². The number of likely N-dealkylation sites (tertiary alicyclic amines) is 1. The molecule has 2 aliphatic heterocycles. The van der Waals surface area contributed by atoms with Crippen LogP contribution in [0.4, 0.5) is 23.0 Å². The molecular formula is C26H36N6O3. The number of amides is 2. The first kappa shape index (κ1) is 24.8. The molecule has 2 aliphatic rings. The summed E-state index contributed by atoms with van der Waals surface area (Å²) in [6.45, 7) is 7.99. The van der Waals surface area contributed by atoms with Gasteiger partial charge in [-0.15, -0.1) is 0 Å². The molecule has 2 amide bonds. The zero-order valence-electron chi connectivity index (χ0n) is 21.5. The zero-order chi connectivity index (χ0) is 25.3. The summed E-state index contributed by atoms with van der Waals surface area (Å²) in [5, 5.41) is 6.47. The fraction of sp³-hybridized carbons (Fsp3) is 0.500. The Balaban J connectivity index is 1.54. The highest BCUT2D eigenvalue weighted by Crippen LogP contribution is 2.37. The molecule has 9 nitrogen and oxygen atoms in total. The van der Waals surface area contributed by atoms with Gasteiger partial charge < -0.3 is 30.1 Å². The van der Waals surface area contributed by atoms with Gasteiger partial charge in [0, 0.05) is 24.7 Å². The standard InChI is InChI=1S/C26H36N6O3/c1-16(2)32-17(3)26(34)31(5)21-9-10-23(29-24(21)32)28-20-8-7-18(15-22(20)35-6)25(33)27-19-11-13-30(4)14-12-19/h7-10,15-17,19H,11-14H2,1-6H3,(H,27,33)(H,28,29)/t17-/m1/s1. The third kappa shape index (κ3) is 5.05. The minimum atomic E-state index is -0.299. The minimum absolute atomic E-state index is 0.0458. The molecule has 0 unspecified atom stereocenters. The van der Waals surface area contributed by atoms with Crippen LogP contribution >= 0.6 is 0 Å². The van der Waals surface area contributed by atoms with E-state index in [9.17, 15) is 9.59 Å². The number of nitrogens with zero attached hydrogens (tertiary/aromatic N) is 4. The second-order valence-electron chi connectivity index (χ2n) is 9.70. The summed E-state index contributed by atoms with van der Waals surface area (Å²) in [7, 11) is 5.47. The van der Waals surface area contributed by atoms with Gasteiger partial charge in [0.1, 0.15) is 17.6 Å². The van der Waals surface area contributed by atoms with E-state index in [2.05, 4.69) is 36.4 Å². The maximum absolute atomic E-state index is 12.8. The van der Waals surface area contributed by atoms with Crippen molar-refractivity contribution in [3.8, 4) is 5.75 Å². The number of nitrogens with one attached hydrogen (secondary N) is 2. The van der Waals surface area contributed by atoms with Gasteiger partial charge in [0.15, 0.2) is 5.82 Å². The summed E-state index contributed by atoms with van der Waals surface area (Å²) in [6, 6.07) is 9.13. The number of aromatic nitrogens is 1. The van der Waals surface area contributed by atoms with Crippen LogP contribution < -0.4 is 25.2 Å². The van der Waals surface area contributed by atoms with Gasteiger partial charge in [0.25, 0.3) is 5.91 Å². The van der Waals surface area contributed by atoms with Crippen LogP contribution in [0.2, 0.25) is 0 Å². The SMILES string of the molecule is COc1cc(C(=O)NC2CCN(C)CC2)ccc1Nc1ccc2c(n1)N(C(C)C)[C@H](C)C(=O)N2C. The number of hydrogen-bond donors (Lipinski definition) is 2. The molecule has 3 heterocycles. The number of fused-ring (bicyclic) bond motifs is 1. The third-order valence-corrected chi connectivity index (χ3v) is 6.90. The van der Waals surface area contributed by atoms with E-state index < -0.39 is 0 Å². The van der Waals surface area contributed by atoms with Crippen LogP contribution in [0, 0.1) is 0 Å². The van der Waals surface area contributed by atoms with Gasteiger partial charge in [-0.1, -0.05) is 0 Å². The molecule has 0 spiro atoms. The maximum atomic E-state index is 12.8. The third-order valence-electron chi connectivity index (χ3n) is 6.90. The maximum Gasteiger partial charge on any atom is 0.251 e. The van der Waals surface area contributed by atoms with Crippen molar-refractivity contribution in [1.29, 1.82) is 0 Å². The number of methoxy groups -OCH3 is 1. The van der Waals surface area contributed by atoms with Gasteiger partial charge >= 0.3 is 0 Å². The van der Waals surface area contributed by atoms with E-state index >= 15 is 0 Å². The second-order valence-corrected chi connectivity index (χ2v) is 9.70. The average molecular weight is 481 g/mol. The van der Waals surface area contributed by atoms with Crippen molar-refractivity contribution in [2.75, 3.05) is 49.4 Å². The second kappa shape index (κ2) is 10.1. The van der Waals surface area contributed by atoms with Crippen LogP contribution in [-0.2, 0) is 4.79 Å². The van der Waals surface area contributed by atoms with Crippen molar-refractivity contribution in [2.45, 2.75) is 51.7 Å². The average Bonchev–Trinajstić information content (AvgIpc) is 2.84. The highest BCUT2D eigenvalue weighted by Gasteiger charge is 2.36. The molecule has 1 aromatic heterocycles. The molecular weight excluding hydrogens is 444 g/mol. The number of ether oxygens (including phenoxy) is 1. The molecule has 1 atom stereocenters. The van der Waals surface area contributed by atoms with E-state index in [1.54, 1.807) is 31.2 Å². The fourth-order valence-corrected chi connectivity index (χ4v) is 4.85. The molecule has 0 bridgehead atoms. The Morgan fingerprint density at radius 2 is 1.86 bits per heavy atom. The van der Waals surface area contributed by atoms with E-state index in [-0.39, 0.29) is 29.9 Å². The van der Waals surface area contributed by atoms with E-state index in [0.29, 0.717) is 22.8 Å². The number of piperidine rings is 1. The van der Waals surface area contributed by atoms with E-state index in [1.807, 2.05) is 30.0 Å². The van der Waals surface area contributed by atoms with Crippen LogP contribution in [0.3, 0.4) is 0 Å². The summed E-state index contributed by atoms with van der Waals surface area (Å²) >= 11 is 0. The van der Waals surface area contributed by atoms with Crippen molar-refractivity contribution >= 4 is 34.8 Å². The molecule has 1 aromatic carbocycles. The molecule has 188 valence electrons. The summed E-state index contributed by atoms with van der Waals surface area (Å²) in [6.07, 6.45) is 1.91. The van der Waals surface area contributed by atoms with Crippen molar-refractivity contribution in [1.82, 2.24) is 15.2 Å². The number of carbonyl (C=O) groups is 2. The largest absolute Gasteiger partial charge is 0.495 e. The smallest absolute Gasteiger partial charge is 0.251 e. The van der Waals surface area contributed by atoms with Gasteiger partial charge in [-0.3, -0.25) is 9.59 Å². The molecule has 4 rings (SSSR count). The number of pyridine rings is 1. The van der Waals surface area contributed by atoms with Gasteiger partial charge in [-0.2, -0.15) is 0 Å². The van der Waals surface area contributed by atoms with E-state index in [0.717, 1.165) is 37.4 Å². The molecule has 2 aromatic rings. The monoisotopic (exact) mass is 480 g/mol. The fourth-order valence-electron chi connectivity index (χ4n) is 4.85. The number of likely N-dealkylation sites (N-methyl/N-ethyl adjacent to an activating group) is 1. The number of anilines is 4. The Morgan fingerprint density at radius 1 is 1.14 bits per heavy atom. The van der Waals surface area contributed by atoms with Crippen molar-refractivity contribution in [2.24, 2.45) is 0 Å². The summed E-state index contributed by atoms with van der Waals surface area (Å²) in [4.78, 5) is 36.3. The summed E-state index contributed by atoms with van der Waals surface area (Å²) in [5.41, 5.74) is 2.05. The Kier molecular flexibility index (Phi) is 7.16. The molecule has 2 N–H and O–H groups in total. The predicted octanol–water partition coefficient (Wildman–Crippen LogP) is 3.24. The van der Waals surface area contributed by atoms with E-state index in [4.69, 9.17) is 9.72 Å². The van der Waals surface area contributed by atoms with Crippen LogP contribution in [0.15, 0.2) is 30.3 Å². The van der Waals surface area contributed by atoms with Crippen molar-refractivity contribution < 1.29 is 14.3 Å². The van der Waals surface area contributed by atoms with Crippen molar-refractivity contribution in [3.63, 3.8) is 0 Å². The molecule has 0 saturated carbocycles. The lowest BCUT2D eigenvalue weighted by Gasteiger charge is -2.41. The van der Waals surface area contributed by atoms with E-state index in [1.165, 1.54) is 0 Å². The van der Waals surface area contributed by atoms with Gasteiger partial charge in [-0.05, 0) is 84.1 Å². The lowest BCUT2D eigenvalue weighted by Crippen LogP contribution is -2.53. The topological polar surface area (TPSA) is 90.0 Å². The highest BCUT2D eigenvalue weighted by atomic mass is 16.5. The van der Waals surface area contributed by atoms with Gasteiger partial charge in [0.2, 0.25) is 5.91 Å². The molecule has 1 saturated heterocycles. The first-order valence-corrected chi connectivity index (χ1v) is 12.2. The predicted molar refractivity (Wildman–Crippen MR) is 139 cm³/mol. The lowest BCUT2D eigenvalue weighted by molar-refractivity contribution is -0.119. The highest BCUT2D eigenvalue weighted by molar-refractivity contribution is 6.04. The Hall–Kier alpha value is -3.33. The molecule has 9 heteroatoms. The first-order valence-electron chi connectivity index (χ1n) is 12.2. The van der Waals surface area contributed by atoms with Crippen LogP contribution in [0.25, 0.3) is 0 Å². The van der Waals surface area contributed by atoms with Crippen molar-refractivity contribution in [3.05, 3.63) is 35.9 Å². The molecule has 0 aliphatic carbocycles.